The number of nitrogens with zero attached hydrogens (tertiary/aromatic N) is 2. The van der Waals surface area contributed by atoms with Gasteiger partial charge in [-0.15, -0.1) is 0 Å². The number of ether oxygens (including phenoxy) is 1. The number of rotatable bonds is 7. The van der Waals surface area contributed by atoms with Crippen LogP contribution in [0.1, 0.15) is 36.1 Å². The average molecular weight is 575 g/mol. The molecule has 0 bridgehead atoms. The van der Waals surface area contributed by atoms with Crippen molar-refractivity contribution < 1.29 is 27.1 Å². The van der Waals surface area contributed by atoms with Gasteiger partial charge in [0.05, 0.1) is 41.7 Å². The number of imide groups is 1. The maximum atomic E-state index is 15.4. The molecule has 41 heavy (non-hydrogen) atoms. The quantitative estimate of drug-likeness (QED) is 0.371. The Kier molecular flexibility index (Phi) is 7.03. The first-order valence-electron chi connectivity index (χ1n) is 13.8. The first-order chi connectivity index (χ1) is 19.7. The molecule has 2 saturated heterocycles. The van der Waals surface area contributed by atoms with Gasteiger partial charge in [0.1, 0.15) is 5.82 Å². The Morgan fingerprint density at radius 1 is 0.902 bits per heavy atom. The van der Waals surface area contributed by atoms with Crippen molar-refractivity contribution in [2.24, 2.45) is 17.8 Å². The second-order valence-electron chi connectivity index (χ2n) is 10.8. The Bertz CT molecular complexity index is 1640. The number of allylic oxidation sites excluding steroid dienone is 1. The second-order valence-corrected chi connectivity index (χ2v) is 12.7. The van der Waals surface area contributed by atoms with Crippen LogP contribution in [0.4, 0.5) is 4.39 Å². The zero-order chi connectivity index (χ0) is 28.9. The lowest BCUT2D eigenvalue weighted by molar-refractivity contribution is -0.140. The summed E-state index contributed by atoms with van der Waals surface area (Å²) in [5, 5.41) is 0. The van der Waals surface area contributed by atoms with Crippen molar-refractivity contribution in [3.63, 3.8) is 0 Å². The molecule has 212 valence electrons. The first kappa shape index (κ1) is 27.4. The topological polar surface area (TPSA) is 84.0 Å². The van der Waals surface area contributed by atoms with E-state index in [4.69, 9.17) is 4.74 Å². The summed E-state index contributed by atoms with van der Waals surface area (Å²) in [6, 6.07) is 20.9. The summed E-state index contributed by atoms with van der Waals surface area (Å²) in [6.07, 6.45) is 0.156. The standard InChI is InChI=1S/C32H31FN2O5S/c1-3-40-27-17-24-28(32(37)34(31(24)36)18-21-9-5-4-6-10-21)25-19-35(41(38,39)22-15-13-20(2)14-16-22)30(29(25)27)23-11-7-8-12-26(23)33/h4-16,24-25,28,30H,3,17-19H2,1-2H3/t24-,25-,28-,30-/m0/s1. The number of aryl methyl sites for hydroxylation is 1. The summed E-state index contributed by atoms with van der Waals surface area (Å²) in [4.78, 5) is 29.0. The molecule has 0 unspecified atom stereocenters. The summed E-state index contributed by atoms with van der Waals surface area (Å²) in [6.45, 7) is 4.03. The van der Waals surface area contributed by atoms with Crippen LogP contribution in [0.2, 0.25) is 0 Å². The minimum atomic E-state index is -4.12. The molecule has 0 saturated carbocycles. The van der Waals surface area contributed by atoms with Gasteiger partial charge >= 0.3 is 0 Å². The second kappa shape index (κ2) is 10.5. The fourth-order valence-corrected chi connectivity index (χ4v) is 8.17. The number of hydrogen-bond donors (Lipinski definition) is 0. The third kappa shape index (κ3) is 4.57. The van der Waals surface area contributed by atoms with E-state index in [0.29, 0.717) is 11.3 Å². The summed E-state index contributed by atoms with van der Waals surface area (Å²) in [5.41, 5.74) is 2.48. The number of hydrogen-bond acceptors (Lipinski definition) is 5. The molecular weight excluding hydrogens is 543 g/mol. The van der Waals surface area contributed by atoms with Gasteiger partial charge in [-0.1, -0.05) is 66.2 Å². The van der Waals surface area contributed by atoms with Gasteiger partial charge in [-0.3, -0.25) is 14.5 Å². The number of likely N-dealkylation sites (tertiary alicyclic amines) is 1. The van der Waals surface area contributed by atoms with Crippen molar-refractivity contribution >= 4 is 21.8 Å². The molecule has 3 aromatic carbocycles. The Balaban J connectivity index is 1.48. The molecule has 0 aromatic heterocycles. The van der Waals surface area contributed by atoms with Gasteiger partial charge in [0, 0.05) is 24.4 Å². The van der Waals surface area contributed by atoms with Crippen molar-refractivity contribution in [1.29, 1.82) is 0 Å². The van der Waals surface area contributed by atoms with Crippen molar-refractivity contribution in [3.8, 4) is 0 Å². The van der Waals surface area contributed by atoms with E-state index in [2.05, 4.69) is 0 Å². The number of benzene rings is 3. The number of halogens is 1. The Labute approximate surface area is 239 Å². The van der Waals surface area contributed by atoms with Gasteiger partial charge in [0.25, 0.3) is 0 Å². The van der Waals surface area contributed by atoms with E-state index in [1.54, 1.807) is 30.3 Å². The lowest BCUT2D eigenvalue weighted by atomic mass is 9.71. The zero-order valence-electron chi connectivity index (χ0n) is 22.9. The van der Waals surface area contributed by atoms with Crippen LogP contribution in [-0.4, -0.2) is 42.6 Å². The highest BCUT2D eigenvalue weighted by Gasteiger charge is 2.60. The molecule has 0 N–H and O–H groups in total. The van der Waals surface area contributed by atoms with Gasteiger partial charge in [-0.25, -0.2) is 12.8 Å². The van der Waals surface area contributed by atoms with Crippen molar-refractivity contribution in [2.45, 2.75) is 37.8 Å². The fraction of sp³-hybridized carbons (Fsp3) is 0.312. The van der Waals surface area contributed by atoms with Gasteiger partial charge in [-0.2, -0.15) is 4.31 Å². The van der Waals surface area contributed by atoms with E-state index in [0.717, 1.165) is 11.1 Å². The van der Waals surface area contributed by atoms with Gasteiger partial charge < -0.3 is 4.74 Å². The lowest BCUT2D eigenvalue weighted by Gasteiger charge is -2.32. The van der Waals surface area contributed by atoms with Gasteiger partial charge in [0.2, 0.25) is 21.8 Å². The van der Waals surface area contributed by atoms with Gasteiger partial charge in [-0.05, 0) is 43.2 Å². The Hall–Kier alpha value is -3.82. The minimum absolute atomic E-state index is 0.0690. The summed E-state index contributed by atoms with van der Waals surface area (Å²) in [7, 11) is -4.12. The molecule has 0 radical (unpaired) electrons. The van der Waals surface area contributed by atoms with Crippen LogP contribution in [0, 0.1) is 30.5 Å². The summed E-state index contributed by atoms with van der Waals surface area (Å²) >= 11 is 0. The molecule has 2 heterocycles. The smallest absolute Gasteiger partial charge is 0.243 e. The molecule has 7 nitrogen and oxygen atoms in total. The monoisotopic (exact) mass is 574 g/mol. The highest BCUT2D eigenvalue weighted by Crippen LogP contribution is 2.55. The van der Waals surface area contributed by atoms with Crippen LogP contribution < -0.4 is 0 Å². The van der Waals surface area contributed by atoms with E-state index in [1.165, 1.54) is 27.4 Å². The van der Waals surface area contributed by atoms with Gasteiger partial charge in [0.15, 0.2) is 0 Å². The van der Waals surface area contributed by atoms with E-state index in [9.17, 15) is 18.0 Å². The van der Waals surface area contributed by atoms with Crippen molar-refractivity contribution in [2.75, 3.05) is 13.2 Å². The maximum Gasteiger partial charge on any atom is 0.243 e. The number of amides is 2. The van der Waals surface area contributed by atoms with E-state index >= 15 is 4.39 Å². The van der Waals surface area contributed by atoms with E-state index in [-0.39, 0.29) is 48.4 Å². The summed E-state index contributed by atoms with van der Waals surface area (Å²) < 4.78 is 51.1. The van der Waals surface area contributed by atoms with E-state index in [1.807, 2.05) is 44.2 Å². The summed E-state index contributed by atoms with van der Waals surface area (Å²) in [5.74, 6) is -2.78. The Morgan fingerprint density at radius 3 is 2.27 bits per heavy atom. The van der Waals surface area contributed by atoms with Crippen LogP contribution in [0.25, 0.3) is 0 Å². The molecule has 6 rings (SSSR count). The minimum Gasteiger partial charge on any atom is -0.498 e. The molecule has 2 aliphatic heterocycles. The maximum absolute atomic E-state index is 15.4. The molecule has 1 aliphatic carbocycles. The normalized spacial score (nSPS) is 24.5. The first-order valence-corrected chi connectivity index (χ1v) is 15.2. The zero-order valence-corrected chi connectivity index (χ0v) is 23.7. The molecule has 4 atom stereocenters. The average Bonchev–Trinajstić information content (AvgIpc) is 3.47. The van der Waals surface area contributed by atoms with E-state index < -0.39 is 39.6 Å². The predicted octanol–water partition coefficient (Wildman–Crippen LogP) is 4.99. The van der Waals surface area contributed by atoms with Crippen LogP contribution in [0.15, 0.2) is 95.1 Å². The molecule has 3 aromatic rings. The van der Waals surface area contributed by atoms with Crippen LogP contribution >= 0.6 is 0 Å². The molecule has 2 fully saturated rings. The third-order valence-corrected chi connectivity index (χ3v) is 10.3. The number of sulfonamides is 1. The van der Waals surface area contributed by atoms with Crippen LogP contribution in [0.3, 0.4) is 0 Å². The Morgan fingerprint density at radius 2 is 1.59 bits per heavy atom. The molecule has 9 heteroatoms. The highest BCUT2D eigenvalue weighted by atomic mass is 32.2. The number of fused-ring (bicyclic) bond motifs is 3. The number of carbonyl (C=O) groups is 2. The van der Waals surface area contributed by atoms with Crippen molar-refractivity contribution in [3.05, 3.63) is 113 Å². The highest BCUT2D eigenvalue weighted by molar-refractivity contribution is 7.89. The van der Waals surface area contributed by atoms with Crippen LogP contribution in [0.5, 0.6) is 0 Å². The molecule has 2 amide bonds. The molecule has 3 aliphatic rings. The largest absolute Gasteiger partial charge is 0.498 e. The molecule has 0 spiro atoms. The fourth-order valence-electron chi connectivity index (χ4n) is 6.56. The number of carbonyl (C=O) groups excluding carboxylic acids is 2. The van der Waals surface area contributed by atoms with Crippen molar-refractivity contribution in [1.82, 2.24) is 9.21 Å². The predicted molar refractivity (Wildman–Crippen MR) is 150 cm³/mol. The molecular formula is C32H31FN2O5S. The van der Waals surface area contributed by atoms with Crippen LogP contribution in [-0.2, 0) is 30.9 Å². The lowest BCUT2D eigenvalue weighted by Crippen LogP contribution is -2.35. The SMILES string of the molecule is CCOC1=C2[C@@H](CN(S(=O)(=O)c3ccc(C)cc3)[C@H]2c2ccccc2F)[C@H]2C(=O)N(Cc3ccccc3)C(=O)[C@H]2C1. The third-order valence-electron chi connectivity index (χ3n) is 8.42.